The van der Waals surface area contributed by atoms with Crippen molar-refractivity contribution in [3.8, 4) is 0 Å². The topological polar surface area (TPSA) is 85.2 Å². The van der Waals surface area contributed by atoms with Crippen LogP contribution in [0, 0.1) is 6.92 Å². The average Bonchev–Trinajstić information content (AvgIpc) is 2.10. The molecule has 5 heteroatoms. The molecule has 0 unspecified atom stereocenters. The molecule has 17 heavy (non-hydrogen) atoms. The Labute approximate surface area is 100.0 Å². The van der Waals surface area contributed by atoms with E-state index in [2.05, 4.69) is 4.98 Å². The van der Waals surface area contributed by atoms with Crippen LogP contribution in [-0.4, -0.2) is 16.6 Å². The highest BCUT2D eigenvalue weighted by Gasteiger charge is 2.18. The molecule has 0 aliphatic heterocycles. The Balaban J connectivity index is 2.89. The molecule has 0 aromatic carbocycles. The molecule has 1 heterocycles. The average molecular weight is 238 g/mol. The van der Waals surface area contributed by atoms with E-state index in [1.165, 1.54) is 0 Å². The van der Waals surface area contributed by atoms with E-state index in [0.29, 0.717) is 11.3 Å². The van der Waals surface area contributed by atoms with E-state index in [1.54, 1.807) is 33.8 Å². The van der Waals surface area contributed by atoms with Gasteiger partial charge < -0.3 is 15.5 Å². The smallest absolute Gasteiger partial charge is 0.310 e. The Morgan fingerprint density at radius 3 is 2.59 bits per heavy atom. The third kappa shape index (κ3) is 3.94. The second-order valence-corrected chi connectivity index (χ2v) is 4.98. The Morgan fingerprint density at radius 2 is 2.06 bits per heavy atom. The lowest BCUT2D eigenvalue weighted by molar-refractivity contribution is -0.153. The first-order valence-corrected chi connectivity index (χ1v) is 5.39. The molecule has 1 aromatic rings. The van der Waals surface area contributed by atoms with Gasteiger partial charge in [0.05, 0.1) is 6.42 Å². The SMILES string of the molecule is Cc1cc(CC(=O)OC(C)(C)C)c(N)c(=O)[nH]1. The van der Waals surface area contributed by atoms with Gasteiger partial charge in [-0.25, -0.2) is 0 Å². The van der Waals surface area contributed by atoms with Crippen molar-refractivity contribution >= 4 is 11.7 Å². The molecule has 0 atom stereocenters. The van der Waals surface area contributed by atoms with Crippen LogP contribution < -0.4 is 11.3 Å². The fourth-order valence-corrected chi connectivity index (χ4v) is 1.45. The number of nitrogens with one attached hydrogen (secondary N) is 1. The zero-order valence-electron chi connectivity index (χ0n) is 10.6. The summed E-state index contributed by atoms with van der Waals surface area (Å²) in [6.45, 7) is 7.10. The van der Waals surface area contributed by atoms with Crippen LogP contribution in [0.4, 0.5) is 5.69 Å². The second kappa shape index (κ2) is 4.61. The number of anilines is 1. The minimum atomic E-state index is -0.540. The predicted octanol–water partition coefficient (Wildman–Crippen LogP) is 1.15. The largest absolute Gasteiger partial charge is 0.460 e. The van der Waals surface area contributed by atoms with Crippen LogP contribution in [0.3, 0.4) is 0 Å². The number of esters is 1. The maximum absolute atomic E-state index is 11.6. The molecular formula is C12H18N2O3. The van der Waals surface area contributed by atoms with Crippen molar-refractivity contribution in [2.24, 2.45) is 0 Å². The molecule has 0 fully saturated rings. The first-order valence-electron chi connectivity index (χ1n) is 5.39. The van der Waals surface area contributed by atoms with Gasteiger partial charge in [-0.15, -0.1) is 0 Å². The lowest BCUT2D eigenvalue weighted by atomic mass is 10.1. The highest BCUT2D eigenvalue weighted by atomic mass is 16.6. The van der Waals surface area contributed by atoms with Crippen LogP contribution in [0.15, 0.2) is 10.9 Å². The number of hydrogen-bond acceptors (Lipinski definition) is 4. The number of nitrogens with two attached hydrogens (primary N) is 1. The molecular weight excluding hydrogens is 220 g/mol. The normalized spacial score (nSPS) is 11.3. The molecule has 0 spiro atoms. The van der Waals surface area contributed by atoms with Crippen molar-refractivity contribution in [1.82, 2.24) is 4.98 Å². The highest BCUT2D eigenvalue weighted by Crippen LogP contribution is 2.12. The summed E-state index contributed by atoms with van der Waals surface area (Å²) < 4.78 is 5.17. The fraction of sp³-hybridized carbons (Fsp3) is 0.500. The van der Waals surface area contributed by atoms with Crippen molar-refractivity contribution < 1.29 is 9.53 Å². The fourth-order valence-electron chi connectivity index (χ4n) is 1.45. The summed E-state index contributed by atoms with van der Waals surface area (Å²) in [6.07, 6.45) is 0.00780. The molecule has 1 rings (SSSR count). The molecule has 1 aromatic heterocycles. The maximum Gasteiger partial charge on any atom is 0.310 e. The maximum atomic E-state index is 11.6. The van der Waals surface area contributed by atoms with E-state index in [9.17, 15) is 9.59 Å². The van der Waals surface area contributed by atoms with Crippen molar-refractivity contribution in [2.75, 3.05) is 5.73 Å². The lowest BCUT2D eigenvalue weighted by Gasteiger charge is -2.19. The number of carbonyl (C=O) groups is 1. The third-order valence-electron chi connectivity index (χ3n) is 2.05. The predicted molar refractivity (Wildman–Crippen MR) is 65.8 cm³/mol. The van der Waals surface area contributed by atoms with E-state index >= 15 is 0 Å². The zero-order valence-corrected chi connectivity index (χ0v) is 10.6. The summed E-state index contributed by atoms with van der Waals surface area (Å²) in [5.74, 6) is -0.394. The van der Waals surface area contributed by atoms with Gasteiger partial charge in [-0.3, -0.25) is 9.59 Å². The number of ether oxygens (including phenoxy) is 1. The van der Waals surface area contributed by atoms with Gasteiger partial charge in [-0.05, 0) is 39.3 Å². The molecule has 0 amide bonds. The number of pyridine rings is 1. The molecule has 3 N–H and O–H groups in total. The Kier molecular flexibility index (Phi) is 3.60. The molecule has 0 aliphatic rings. The standard InChI is InChI=1S/C12H18N2O3/c1-7-5-8(10(13)11(16)14-7)6-9(15)17-12(2,3)4/h5H,6,13H2,1-4H3,(H,14,16). The number of carbonyl (C=O) groups excluding carboxylic acids is 1. The number of H-pyrrole nitrogens is 1. The third-order valence-corrected chi connectivity index (χ3v) is 2.05. The highest BCUT2D eigenvalue weighted by molar-refractivity contribution is 5.75. The van der Waals surface area contributed by atoms with Crippen LogP contribution in [0.2, 0.25) is 0 Å². The minimum absolute atomic E-state index is 0.00780. The minimum Gasteiger partial charge on any atom is -0.460 e. The Morgan fingerprint density at radius 1 is 1.47 bits per heavy atom. The number of aryl methyl sites for hydroxylation is 1. The van der Waals surface area contributed by atoms with Gasteiger partial charge in [0.2, 0.25) is 0 Å². The van der Waals surface area contributed by atoms with Crippen LogP contribution in [0.5, 0.6) is 0 Å². The number of aromatic nitrogens is 1. The van der Waals surface area contributed by atoms with E-state index in [1.807, 2.05) is 0 Å². The van der Waals surface area contributed by atoms with Crippen molar-refractivity contribution in [3.63, 3.8) is 0 Å². The number of rotatable bonds is 2. The second-order valence-electron chi connectivity index (χ2n) is 4.98. The summed E-state index contributed by atoms with van der Waals surface area (Å²) in [6, 6.07) is 1.68. The first kappa shape index (κ1) is 13.3. The quantitative estimate of drug-likeness (QED) is 0.757. The zero-order chi connectivity index (χ0) is 13.2. The van der Waals surface area contributed by atoms with Gasteiger partial charge in [0, 0.05) is 5.69 Å². The van der Waals surface area contributed by atoms with Gasteiger partial charge in [0.15, 0.2) is 0 Å². The van der Waals surface area contributed by atoms with Gasteiger partial charge in [0.1, 0.15) is 11.3 Å². The van der Waals surface area contributed by atoms with E-state index < -0.39 is 11.6 Å². The number of nitrogen functional groups attached to an aromatic ring is 1. The number of aromatic amines is 1. The number of hydrogen-bond donors (Lipinski definition) is 2. The molecule has 0 aliphatic carbocycles. The molecule has 0 saturated heterocycles. The van der Waals surface area contributed by atoms with Gasteiger partial charge in [-0.1, -0.05) is 0 Å². The van der Waals surface area contributed by atoms with E-state index in [-0.39, 0.29) is 17.7 Å². The summed E-state index contributed by atoms with van der Waals surface area (Å²) in [5, 5.41) is 0. The van der Waals surface area contributed by atoms with Crippen LogP contribution in [-0.2, 0) is 16.0 Å². The first-order chi connectivity index (χ1) is 7.69. The molecule has 0 radical (unpaired) electrons. The summed E-state index contributed by atoms with van der Waals surface area (Å²) >= 11 is 0. The monoisotopic (exact) mass is 238 g/mol. The van der Waals surface area contributed by atoms with Gasteiger partial charge >= 0.3 is 5.97 Å². The Hall–Kier alpha value is -1.78. The van der Waals surface area contributed by atoms with E-state index in [0.717, 1.165) is 0 Å². The van der Waals surface area contributed by atoms with Gasteiger partial charge in [-0.2, -0.15) is 0 Å². The summed E-state index contributed by atoms with van der Waals surface area (Å²) in [7, 11) is 0. The van der Waals surface area contributed by atoms with Crippen molar-refractivity contribution in [2.45, 2.75) is 39.7 Å². The molecule has 94 valence electrons. The summed E-state index contributed by atoms with van der Waals surface area (Å²) in [4.78, 5) is 25.6. The molecule has 5 nitrogen and oxygen atoms in total. The van der Waals surface area contributed by atoms with E-state index in [4.69, 9.17) is 10.5 Å². The molecule has 0 saturated carbocycles. The lowest BCUT2D eigenvalue weighted by Crippen LogP contribution is -2.26. The van der Waals surface area contributed by atoms with Crippen LogP contribution in [0.25, 0.3) is 0 Å². The van der Waals surface area contributed by atoms with Crippen molar-refractivity contribution in [3.05, 3.63) is 27.7 Å². The molecule has 0 bridgehead atoms. The van der Waals surface area contributed by atoms with Crippen LogP contribution in [0.1, 0.15) is 32.0 Å². The van der Waals surface area contributed by atoms with Gasteiger partial charge in [0.25, 0.3) is 5.56 Å². The Bertz CT molecular complexity index is 484. The van der Waals surface area contributed by atoms with Crippen LogP contribution >= 0.6 is 0 Å². The van der Waals surface area contributed by atoms with Crippen molar-refractivity contribution in [1.29, 1.82) is 0 Å². The summed E-state index contributed by atoms with van der Waals surface area (Å²) in [5.41, 5.74) is 5.94.